The quantitative estimate of drug-likeness (QED) is 0.345. The molecule has 0 aliphatic carbocycles. The Morgan fingerprint density at radius 2 is 1.79 bits per heavy atom. The first-order valence-corrected chi connectivity index (χ1v) is 8.27. The molecule has 0 spiro atoms. The lowest BCUT2D eigenvalue weighted by atomic mass is 10.2. The van der Waals surface area contributed by atoms with E-state index in [1.165, 1.54) is 24.3 Å². The summed E-state index contributed by atoms with van der Waals surface area (Å²) in [6.45, 7) is -0.250. The maximum Gasteiger partial charge on any atom is 0.338 e. The number of nitrogen functional groups attached to an aromatic ring is 1. The normalized spacial score (nSPS) is 10.2. The van der Waals surface area contributed by atoms with Gasteiger partial charge in [0, 0.05) is 17.8 Å². The summed E-state index contributed by atoms with van der Waals surface area (Å²) in [4.78, 5) is 34.3. The van der Waals surface area contributed by atoms with Crippen LogP contribution in [0.15, 0.2) is 48.5 Å². The Labute approximate surface area is 164 Å². The van der Waals surface area contributed by atoms with Gasteiger partial charge in [-0.2, -0.15) is 15.0 Å². The molecule has 0 aliphatic rings. The van der Waals surface area contributed by atoms with Gasteiger partial charge in [0.05, 0.1) is 17.6 Å². The number of hydrogen-bond donors (Lipinski definition) is 2. The largest absolute Gasteiger partial charge is 0.497 e. The van der Waals surface area contributed by atoms with E-state index in [9.17, 15) is 14.9 Å². The molecule has 3 N–H and O–H groups in total. The van der Waals surface area contributed by atoms with Gasteiger partial charge in [0.1, 0.15) is 5.75 Å². The summed E-state index contributed by atoms with van der Waals surface area (Å²) in [6, 6.07) is 12.1. The number of non-ortho nitro benzene ring substituents is 1. The Hall–Kier alpha value is -4.28. The van der Waals surface area contributed by atoms with Crippen molar-refractivity contribution in [2.24, 2.45) is 0 Å². The molecule has 148 valence electrons. The van der Waals surface area contributed by atoms with Gasteiger partial charge in [-0.1, -0.05) is 0 Å². The third kappa shape index (κ3) is 5.13. The number of hydrogen-bond acceptors (Lipinski definition) is 10. The fraction of sp³-hybridized carbons (Fsp3) is 0.111. The molecule has 0 radical (unpaired) electrons. The number of nitrogens with zero attached hydrogens (tertiary/aromatic N) is 4. The third-order valence-electron chi connectivity index (χ3n) is 3.69. The fourth-order valence-corrected chi connectivity index (χ4v) is 2.29. The molecule has 0 fully saturated rings. The van der Waals surface area contributed by atoms with Crippen LogP contribution in [0.2, 0.25) is 0 Å². The van der Waals surface area contributed by atoms with Crippen LogP contribution in [0.3, 0.4) is 0 Å². The van der Waals surface area contributed by atoms with Crippen LogP contribution in [0.1, 0.15) is 16.2 Å². The summed E-state index contributed by atoms with van der Waals surface area (Å²) in [5, 5.41) is 13.6. The predicted molar refractivity (Wildman–Crippen MR) is 103 cm³/mol. The number of carbonyl (C=O) groups excluding carboxylic acids is 1. The van der Waals surface area contributed by atoms with Crippen molar-refractivity contribution in [2.45, 2.75) is 6.61 Å². The highest BCUT2D eigenvalue weighted by Gasteiger charge is 2.12. The highest BCUT2D eigenvalue weighted by atomic mass is 16.6. The molecule has 0 saturated heterocycles. The second-order valence-electron chi connectivity index (χ2n) is 5.67. The Morgan fingerprint density at radius 3 is 2.41 bits per heavy atom. The molecule has 11 nitrogen and oxygen atoms in total. The summed E-state index contributed by atoms with van der Waals surface area (Å²) in [5.41, 5.74) is 6.43. The molecule has 0 unspecified atom stereocenters. The van der Waals surface area contributed by atoms with E-state index < -0.39 is 10.9 Å². The van der Waals surface area contributed by atoms with Crippen molar-refractivity contribution < 1.29 is 19.2 Å². The van der Waals surface area contributed by atoms with Crippen LogP contribution in [0.25, 0.3) is 0 Å². The first-order chi connectivity index (χ1) is 13.9. The number of carbonyl (C=O) groups is 1. The van der Waals surface area contributed by atoms with Gasteiger partial charge in [-0.15, -0.1) is 0 Å². The molecular weight excluding hydrogens is 380 g/mol. The van der Waals surface area contributed by atoms with Crippen LogP contribution in [-0.2, 0) is 11.3 Å². The van der Waals surface area contributed by atoms with E-state index in [4.69, 9.17) is 15.2 Å². The van der Waals surface area contributed by atoms with E-state index in [2.05, 4.69) is 20.3 Å². The highest BCUT2D eigenvalue weighted by molar-refractivity contribution is 5.89. The van der Waals surface area contributed by atoms with Crippen molar-refractivity contribution in [2.75, 3.05) is 18.2 Å². The number of rotatable bonds is 7. The molecule has 0 atom stereocenters. The Kier molecular flexibility index (Phi) is 5.78. The van der Waals surface area contributed by atoms with Crippen molar-refractivity contribution in [1.29, 1.82) is 0 Å². The number of nitrogens with two attached hydrogens (primary N) is 1. The van der Waals surface area contributed by atoms with Gasteiger partial charge in [-0.25, -0.2) is 4.79 Å². The summed E-state index contributed by atoms with van der Waals surface area (Å²) in [7, 11) is 1.57. The minimum atomic E-state index is -0.677. The van der Waals surface area contributed by atoms with Crippen LogP contribution in [0.5, 0.6) is 5.75 Å². The van der Waals surface area contributed by atoms with E-state index in [0.29, 0.717) is 11.4 Å². The zero-order valence-electron chi connectivity index (χ0n) is 15.2. The summed E-state index contributed by atoms with van der Waals surface area (Å²) in [6.07, 6.45) is 0. The average Bonchev–Trinajstić information content (AvgIpc) is 2.72. The monoisotopic (exact) mass is 396 g/mol. The number of methoxy groups -OCH3 is 1. The number of anilines is 3. The summed E-state index contributed by atoms with van der Waals surface area (Å²) < 4.78 is 10.2. The predicted octanol–water partition coefficient (Wildman–Crippen LogP) is 2.47. The molecule has 1 heterocycles. The second kappa shape index (κ2) is 8.61. The van der Waals surface area contributed by atoms with Gasteiger partial charge in [-0.05, 0) is 36.4 Å². The molecular formula is C18H16N6O5. The van der Waals surface area contributed by atoms with Crippen LogP contribution in [0, 0.1) is 10.1 Å². The minimum absolute atomic E-state index is 0.0441. The van der Waals surface area contributed by atoms with Crippen molar-refractivity contribution in [3.63, 3.8) is 0 Å². The number of benzene rings is 2. The Morgan fingerprint density at radius 1 is 1.10 bits per heavy atom. The zero-order valence-corrected chi connectivity index (χ0v) is 15.2. The smallest absolute Gasteiger partial charge is 0.338 e. The van der Waals surface area contributed by atoms with E-state index in [-0.39, 0.29) is 35.6 Å². The van der Waals surface area contributed by atoms with Crippen molar-refractivity contribution in [3.8, 4) is 5.75 Å². The van der Waals surface area contributed by atoms with E-state index >= 15 is 0 Å². The molecule has 0 bridgehead atoms. The maximum absolute atomic E-state index is 12.1. The van der Waals surface area contributed by atoms with Gasteiger partial charge in [-0.3, -0.25) is 10.1 Å². The van der Waals surface area contributed by atoms with Gasteiger partial charge in [0.25, 0.3) is 5.69 Å². The Balaban J connectivity index is 1.66. The van der Waals surface area contributed by atoms with Gasteiger partial charge in [0.2, 0.25) is 11.9 Å². The summed E-state index contributed by atoms with van der Waals surface area (Å²) in [5.74, 6) is 0.304. The van der Waals surface area contributed by atoms with Gasteiger partial charge < -0.3 is 20.5 Å². The average molecular weight is 396 g/mol. The fourth-order valence-electron chi connectivity index (χ4n) is 2.29. The van der Waals surface area contributed by atoms with E-state index in [1.807, 2.05) is 0 Å². The standard InChI is InChI=1S/C18H16N6O5/c1-28-14-8-4-12(5-9-14)20-18-22-15(21-17(19)23-18)10-29-16(25)11-2-6-13(7-3-11)24(26)27/h2-9H,10H2,1H3,(H3,19,20,21,22,23). The number of nitrogens with one attached hydrogen (secondary N) is 1. The molecule has 1 aromatic heterocycles. The first kappa shape index (κ1) is 19.5. The highest BCUT2D eigenvalue weighted by Crippen LogP contribution is 2.18. The SMILES string of the molecule is COc1ccc(Nc2nc(N)nc(COC(=O)c3ccc([N+](=O)[O-])cc3)n2)cc1. The van der Waals surface area contributed by atoms with Crippen LogP contribution < -0.4 is 15.8 Å². The van der Waals surface area contributed by atoms with Crippen LogP contribution in [-0.4, -0.2) is 33.0 Å². The molecule has 3 aromatic rings. The maximum atomic E-state index is 12.1. The second-order valence-corrected chi connectivity index (χ2v) is 5.67. The van der Waals surface area contributed by atoms with Gasteiger partial charge in [0.15, 0.2) is 12.4 Å². The lowest BCUT2D eigenvalue weighted by Crippen LogP contribution is -2.11. The van der Waals surface area contributed by atoms with Crippen molar-refractivity contribution >= 4 is 29.2 Å². The zero-order chi connectivity index (χ0) is 20.8. The van der Waals surface area contributed by atoms with Crippen molar-refractivity contribution in [3.05, 3.63) is 70.0 Å². The van der Waals surface area contributed by atoms with E-state index in [1.54, 1.807) is 31.4 Å². The number of aromatic nitrogens is 3. The number of ether oxygens (including phenoxy) is 2. The van der Waals surface area contributed by atoms with Crippen LogP contribution in [0.4, 0.5) is 23.3 Å². The number of nitro groups is 1. The summed E-state index contributed by atoms with van der Waals surface area (Å²) >= 11 is 0. The van der Waals surface area contributed by atoms with E-state index in [0.717, 1.165) is 0 Å². The van der Waals surface area contributed by atoms with Gasteiger partial charge >= 0.3 is 5.97 Å². The minimum Gasteiger partial charge on any atom is -0.497 e. The Bertz CT molecular complexity index is 1020. The van der Waals surface area contributed by atoms with Crippen molar-refractivity contribution in [1.82, 2.24) is 15.0 Å². The molecule has 0 saturated carbocycles. The number of esters is 1. The molecule has 11 heteroatoms. The lowest BCUT2D eigenvalue weighted by Gasteiger charge is -2.08. The van der Waals surface area contributed by atoms with Crippen LogP contribution >= 0.6 is 0 Å². The molecule has 29 heavy (non-hydrogen) atoms. The molecule has 0 amide bonds. The topological polar surface area (TPSA) is 155 Å². The molecule has 2 aromatic carbocycles. The number of nitro benzene ring substituents is 1. The lowest BCUT2D eigenvalue weighted by molar-refractivity contribution is -0.384. The third-order valence-corrected chi connectivity index (χ3v) is 3.69. The first-order valence-electron chi connectivity index (χ1n) is 8.27. The molecule has 0 aliphatic heterocycles. The molecule has 3 rings (SSSR count).